The van der Waals surface area contributed by atoms with Gasteiger partial charge in [0.15, 0.2) is 23.1 Å². The van der Waals surface area contributed by atoms with Crippen LogP contribution in [-0.2, 0) is 16.0 Å². The largest absolute Gasteiger partial charge is 0.493 e. The average Bonchev–Trinajstić information content (AvgIpc) is 3.02. The molecule has 1 fully saturated rings. The van der Waals surface area contributed by atoms with E-state index in [1.807, 2.05) is 26.0 Å². The zero-order chi connectivity index (χ0) is 31.1. The van der Waals surface area contributed by atoms with E-state index in [0.717, 1.165) is 48.7 Å². The molecule has 3 N–H and O–H groups in total. The van der Waals surface area contributed by atoms with E-state index in [1.54, 1.807) is 31.5 Å². The molecule has 0 atom stereocenters. The molecule has 1 aliphatic heterocycles. The minimum absolute atomic E-state index is 0.0568. The van der Waals surface area contributed by atoms with Crippen LogP contribution < -0.4 is 30.2 Å². The third-order valence-electron chi connectivity index (χ3n) is 7.71. The highest BCUT2D eigenvalue weighted by molar-refractivity contribution is 6.39. The van der Waals surface area contributed by atoms with Gasteiger partial charge in [-0.2, -0.15) is 0 Å². The minimum Gasteiger partial charge on any atom is -0.493 e. The van der Waals surface area contributed by atoms with E-state index in [9.17, 15) is 9.59 Å². The number of fused-ring (bicyclic) bond motifs is 1. The number of benzene rings is 3. The van der Waals surface area contributed by atoms with E-state index < -0.39 is 17.6 Å². The normalized spacial score (nSPS) is 13.4. The lowest BCUT2D eigenvalue weighted by Gasteiger charge is -2.23. The minimum atomic E-state index is -0.885. The Balaban J connectivity index is 1.21. The molecule has 4 aromatic rings. The van der Waals surface area contributed by atoms with Crippen LogP contribution in [0.15, 0.2) is 60.8 Å². The van der Waals surface area contributed by atoms with Gasteiger partial charge >= 0.3 is 11.8 Å². The van der Waals surface area contributed by atoms with Crippen molar-refractivity contribution in [2.24, 2.45) is 5.92 Å². The predicted molar refractivity (Wildman–Crippen MR) is 167 cm³/mol. The van der Waals surface area contributed by atoms with Crippen LogP contribution in [0.5, 0.6) is 23.0 Å². The Morgan fingerprint density at radius 3 is 2.52 bits per heavy atom. The molecule has 230 valence electrons. The monoisotopic (exact) mass is 600 g/mol. The number of aromatic nitrogens is 1. The van der Waals surface area contributed by atoms with Gasteiger partial charge < -0.3 is 30.2 Å². The topological polar surface area (TPSA) is 111 Å². The zero-order valence-electron chi connectivity index (χ0n) is 25.2. The zero-order valence-corrected chi connectivity index (χ0v) is 25.2. The van der Waals surface area contributed by atoms with Crippen LogP contribution in [0.2, 0.25) is 0 Å². The Labute approximate surface area is 256 Å². The van der Waals surface area contributed by atoms with E-state index in [0.29, 0.717) is 53.6 Å². The Hall–Kier alpha value is -4.70. The first-order valence-electron chi connectivity index (χ1n) is 14.7. The van der Waals surface area contributed by atoms with Crippen molar-refractivity contribution in [2.45, 2.75) is 33.1 Å². The number of hydrogen-bond donors (Lipinski definition) is 3. The number of halogens is 1. The summed E-state index contributed by atoms with van der Waals surface area (Å²) < 4.78 is 32.7. The molecule has 0 saturated carbocycles. The summed E-state index contributed by atoms with van der Waals surface area (Å²) in [5.74, 6) is -0.500. The molecular formula is C34H37FN4O5. The number of aryl methyl sites for hydroxylation is 2. The molecule has 0 unspecified atom stereocenters. The number of piperidine rings is 1. The molecule has 2 amide bonds. The number of ether oxygens (including phenoxy) is 3. The van der Waals surface area contributed by atoms with E-state index in [2.05, 4.69) is 27.0 Å². The van der Waals surface area contributed by atoms with E-state index in [-0.39, 0.29) is 11.4 Å². The highest BCUT2D eigenvalue weighted by atomic mass is 19.1. The number of anilines is 1. The highest BCUT2D eigenvalue weighted by Crippen LogP contribution is 2.38. The summed E-state index contributed by atoms with van der Waals surface area (Å²) in [5.41, 5.74) is 4.12. The molecule has 1 saturated heterocycles. The van der Waals surface area contributed by atoms with Crippen LogP contribution in [0, 0.1) is 25.6 Å². The SMILES string of the molecule is COc1cc2c(Oc3ccc(NC(=O)C(=O)NCCc4ccc(C)cc4C)cc3F)ccnc2cc1OCC1CCNCC1. The van der Waals surface area contributed by atoms with Crippen molar-refractivity contribution in [1.29, 1.82) is 0 Å². The molecule has 0 radical (unpaired) electrons. The first kappa shape index (κ1) is 30.7. The Bertz CT molecular complexity index is 1650. The molecule has 5 rings (SSSR count). The van der Waals surface area contributed by atoms with Gasteiger partial charge in [-0.15, -0.1) is 0 Å². The number of carbonyl (C=O) groups is 2. The number of nitrogens with one attached hydrogen (secondary N) is 3. The van der Waals surface area contributed by atoms with Crippen LogP contribution >= 0.6 is 0 Å². The first-order valence-corrected chi connectivity index (χ1v) is 14.7. The summed E-state index contributed by atoms with van der Waals surface area (Å²) in [6, 6.07) is 15.3. The fourth-order valence-electron chi connectivity index (χ4n) is 5.23. The van der Waals surface area contributed by atoms with Crippen molar-refractivity contribution < 1.29 is 28.2 Å². The summed E-state index contributed by atoms with van der Waals surface area (Å²) >= 11 is 0. The van der Waals surface area contributed by atoms with E-state index >= 15 is 4.39 Å². The average molecular weight is 601 g/mol. The van der Waals surface area contributed by atoms with Crippen LogP contribution in [0.3, 0.4) is 0 Å². The van der Waals surface area contributed by atoms with Crippen LogP contribution in [0.1, 0.15) is 29.5 Å². The lowest BCUT2D eigenvalue weighted by atomic mass is 9.99. The van der Waals surface area contributed by atoms with Gasteiger partial charge in [0.25, 0.3) is 0 Å². The number of hydrogen-bond acceptors (Lipinski definition) is 7. The van der Waals surface area contributed by atoms with Gasteiger partial charge in [-0.25, -0.2) is 4.39 Å². The second kappa shape index (κ2) is 14.2. The third kappa shape index (κ3) is 7.62. The molecule has 0 bridgehead atoms. The van der Waals surface area contributed by atoms with E-state index in [4.69, 9.17) is 14.2 Å². The van der Waals surface area contributed by atoms with Gasteiger partial charge in [-0.05, 0) is 87.5 Å². The van der Waals surface area contributed by atoms with Crippen molar-refractivity contribution in [1.82, 2.24) is 15.6 Å². The second-order valence-electron chi connectivity index (χ2n) is 11.0. The lowest BCUT2D eigenvalue weighted by Crippen LogP contribution is -2.36. The van der Waals surface area contributed by atoms with Gasteiger partial charge in [0.2, 0.25) is 0 Å². The number of nitrogens with zero attached hydrogens (tertiary/aromatic N) is 1. The molecule has 2 heterocycles. The molecule has 3 aromatic carbocycles. The standard InChI is InChI=1S/C34H37FN4O5/c1-21-4-5-24(22(2)16-21)10-14-38-33(40)34(41)39-25-6-7-30(27(35)17-25)44-29-11-15-37-28-19-32(31(42-3)18-26(28)29)43-20-23-8-12-36-13-9-23/h4-7,11,15-19,23,36H,8-10,12-14,20H2,1-3H3,(H,38,40)(H,39,41). The maximum atomic E-state index is 15.1. The predicted octanol–water partition coefficient (Wildman–Crippen LogP) is 5.47. The Morgan fingerprint density at radius 1 is 0.955 bits per heavy atom. The van der Waals surface area contributed by atoms with Crippen molar-refractivity contribution in [3.63, 3.8) is 0 Å². The van der Waals surface area contributed by atoms with Crippen LogP contribution in [0.4, 0.5) is 10.1 Å². The number of rotatable bonds is 10. The number of pyridine rings is 1. The molecule has 1 aromatic heterocycles. The van der Waals surface area contributed by atoms with Gasteiger partial charge in [0, 0.05) is 35.9 Å². The smallest absolute Gasteiger partial charge is 0.313 e. The molecule has 9 nitrogen and oxygen atoms in total. The van der Waals surface area contributed by atoms with Gasteiger partial charge in [0.05, 0.1) is 19.2 Å². The number of amides is 2. The second-order valence-corrected chi connectivity index (χ2v) is 11.0. The summed E-state index contributed by atoms with van der Waals surface area (Å²) in [4.78, 5) is 29.2. The van der Waals surface area contributed by atoms with E-state index in [1.165, 1.54) is 12.1 Å². The van der Waals surface area contributed by atoms with Crippen LogP contribution in [0.25, 0.3) is 10.9 Å². The fraction of sp³-hybridized carbons (Fsp3) is 0.324. The van der Waals surface area contributed by atoms with Crippen molar-refractivity contribution in [2.75, 3.05) is 38.7 Å². The van der Waals surface area contributed by atoms with Crippen LogP contribution in [-0.4, -0.2) is 50.1 Å². The first-order chi connectivity index (χ1) is 21.3. The van der Waals surface area contributed by atoms with Gasteiger partial charge in [-0.1, -0.05) is 23.8 Å². The third-order valence-corrected chi connectivity index (χ3v) is 7.71. The van der Waals surface area contributed by atoms with Crippen molar-refractivity contribution >= 4 is 28.4 Å². The highest BCUT2D eigenvalue weighted by Gasteiger charge is 2.18. The Morgan fingerprint density at radius 2 is 1.77 bits per heavy atom. The Kier molecular flexibility index (Phi) is 9.91. The molecule has 0 aliphatic carbocycles. The molecule has 44 heavy (non-hydrogen) atoms. The van der Waals surface area contributed by atoms with Crippen molar-refractivity contribution in [3.8, 4) is 23.0 Å². The maximum Gasteiger partial charge on any atom is 0.313 e. The lowest BCUT2D eigenvalue weighted by molar-refractivity contribution is -0.136. The summed E-state index contributed by atoms with van der Waals surface area (Å²) in [5, 5.41) is 9.02. The summed E-state index contributed by atoms with van der Waals surface area (Å²) in [6.45, 7) is 6.88. The summed E-state index contributed by atoms with van der Waals surface area (Å²) in [6.07, 6.45) is 4.28. The fourth-order valence-corrected chi connectivity index (χ4v) is 5.23. The number of carbonyl (C=O) groups excluding carboxylic acids is 2. The van der Waals surface area contributed by atoms with Crippen molar-refractivity contribution in [3.05, 3.63) is 83.3 Å². The quantitative estimate of drug-likeness (QED) is 0.207. The van der Waals surface area contributed by atoms with Gasteiger partial charge in [0.1, 0.15) is 5.75 Å². The van der Waals surface area contributed by atoms with Gasteiger partial charge in [-0.3, -0.25) is 14.6 Å². The molecular weight excluding hydrogens is 563 g/mol. The summed E-state index contributed by atoms with van der Waals surface area (Å²) in [7, 11) is 1.56. The molecule has 0 spiro atoms. The maximum absolute atomic E-state index is 15.1. The number of methoxy groups -OCH3 is 1. The molecule has 10 heteroatoms. The molecule has 1 aliphatic rings.